The normalized spacial score (nSPS) is 11.0. The van der Waals surface area contributed by atoms with Crippen molar-refractivity contribution in [3.05, 3.63) is 108 Å². The van der Waals surface area contributed by atoms with Gasteiger partial charge in [0, 0.05) is 59.8 Å². The molecule has 44 heavy (non-hydrogen) atoms. The van der Waals surface area contributed by atoms with Crippen LogP contribution in [0.15, 0.2) is 91.1 Å². The lowest BCUT2D eigenvalue weighted by molar-refractivity contribution is -0.160. The molecule has 226 valence electrons. The summed E-state index contributed by atoms with van der Waals surface area (Å²) in [5.41, 5.74) is 4.22. The number of amides is 1. The topological polar surface area (TPSA) is 93.7 Å². The maximum absolute atomic E-state index is 15.1. The number of carbonyl (C=O) groups is 1. The highest BCUT2D eigenvalue weighted by Crippen LogP contribution is 2.40. The van der Waals surface area contributed by atoms with E-state index in [2.05, 4.69) is 44.0 Å². The zero-order valence-corrected chi connectivity index (χ0v) is 26.1. The minimum Gasteiger partial charge on any atom is -0.453 e. The first kappa shape index (κ1) is 31.5. The first-order valence-electron chi connectivity index (χ1n) is 13.6. The van der Waals surface area contributed by atoms with Gasteiger partial charge in [-0.2, -0.15) is 4.33 Å². The smallest absolute Gasteiger partial charge is 0.230 e. The summed E-state index contributed by atoms with van der Waals surface area (Å²) in [4.78, 5) is 22.4. The molecule has 0 fully saturated rings. The molecule has 1 amide bonds. The summed E-state index contributed by atoms with van der Waals surface area (Å²) in [6.45, 7) is 1.49. The van der Waals surface area contributed by atoms with Gasteiger partial charge < -0.3 is 20.7 Å². The maximum Gasteiger partial charge on any atom is 0.230 e. The van der Waals surface area contributed by atoms with Crippen LogP contribution in [0.4, 0.5) is 10.1 Å². The Morgan fingerprint density at radius 1 is 1.00 bits per heavy atom. The Balaban J connectivity index is 1.22. The van der Waals surface area contributed by atoms with Crippen molar-refractivity contribution < 1.29 is 23.1 Å². The van der Waals surface area contributed by atoms with Gasteiger partial charge in [0.25, 0.3) is 0 Å². The number of nitrogens with one attached hydrogen (secondary N) is 3. The SMILES string of the molecule is COOSCCNCc1cccc(-c2cc3nccc(Oc4ccc(NC(=S)NC(=O)Cc5ccccc5)cc4F)c3s2)c1. The monoisotopic (exact) mass is 648 g/mol. The summed E-state index contributed by atoms with van der Waals surface area (Å²) < 4.78 is 26.7. The third-order valence-electron chi connectivity index (χ3n) is 6.26. The molecule has 8 nitrogen and oxygen atoms in total. The van der Waals surface area contributed by atoms with Gasteiger partial charge in [-0.3, -0.25) is 9.78 Å². The Morgan fingerprint density at radius 3 is 2.66 bits per heavy atom. The number of fused-ring (bicyclic) bond motifs is 1. The summed E-state index contributed by atoms with van der Waals surface area (Å²) in [5.74, 6) is 0.474. The van der Waals surface area contributed by atoms with Crippen molar-refractivity contribution in [1.82, 2.24) is 15.6 Å². The van der Waals surface area contributed by atoms with E-state index in [0.717, 1.165) is 44.1 Å². The standard InChI is InChI=1S/C32H29FN4O4S3/c1-39-41-43-15-14-34-20-22-8-5-9-23(16-22)29-19-26-31(44-29)28(12-13-35-26)40-27-11-10-24(18-25(27)33)36-32(42)37-30(38)17-21-6-3-2-4-7-21/h2-13,16,18-19,34H,14-15,17,20H2,1H3,(H2,36,37,38,42). The van der Waals surface area contributed by atoms with E-state index in [1.807, 2.05) is 42.5 Å². The molecule has 3 N–H and O–H groups in total. The Labute approximate surface area is 268 Å². The van der Waals surface area contributed by atoms with Gasteiger partial charge in [0.05, 0.1) is 23.7 Å². The van der Waals surface area contributed by atoms with Crippen molar-refractivity contribution in [2.75, 3.05) is 24.7 Å². The third kappa shape index (κ3) is 8.82. The Bertz CT molecular complexity index is 1740. The lowest BCUT2D eigenvalue weighted by Gasteiger charge is -2.12. The van der Waals surface area contributed by atoms with Crippen molar-refractivity contribution in [1.29, 1.82) is 0 Å². The molecule has 0 aliphatic carbocycles. The Kier molecular flexibility index (Phi) is 11.2. The van der Waals surface area contributed by atoms with Crippen molar-refractivity contribution in [2.24, 2.45) is 0 Å². The molecule has 0 saturated heterocycles. The number of nitrogens with zero attached hydrogens (tertiary/aromatic N) is 1. The number of pyridine rings is 1. The molecule has 0 radical (unpaired) electrons. The average Bonchev–Trinajstić information content (AvgIpc) is 3.46. The number of thiophene rings is 1. The minimum atomic E-state index is -0.581. The van der Waals surface area contributed by atoms with Crippen LogP contribution in [-0.4, -0.2) is 35.4 Å². The first-order chi connectivity index (χ1) is 21.5. The van der Waals surface area contributed by atoms with Gasteiger partial charge in [-0.15, -0.1) is 11.3 Å². The highest BCUT2D eigenvalue weighted by atomic mass is 32.2. The zero-order chi connectivity index (χ0) is 30.7. The Morgan fingerprint density at radius 2 is 1.84 bits per heavy atom. The molecule has 5 rings (SSSR count). The number of hydrogen-bond donors (Lipinski definition) is 3. The number of thiocarbonyl (C=S) groups is 1. The number of ether oxygens (including phenoxy) is 1. The van der Waals surface area contributed by atoms with Crippen molar-refractivity contribution in [2.45, 2.75) is 13.0 Å². The van der Waals surface area contributed by atoms with E-state index >= 15 is 4.39 Å². The quantitative estimate of drug-likeness (QED) is 0.0401. The van der Waals surface area contributed by atoms with Gasteiger partial charge in [-0.05, 0) is 53.2 Å². The van der Waals surface area contributed by atoms with Crippen LogP contribution in [-0.2, 0) is 27.0 Å². The van der Waals surface area contributed by atoms with E-state index in [-0.39, 0.29) is 23.2 Å². The fourth-order valence-corrected chi connectivity index (χ4v) is 5.98. The van der Waals surface area contributed by atoms with Gasteiger partial charge >= 0.3 is 0 Å². The first-order valence-corrected chi connectivity index (χ1v) is 15.7. The number of aromatic nitrogens is 1. The molecule has 0 aliphatic heterocycles. The molecule has 12 heteroatoms. The molecule has 0 aliphatic rings. The van der Waals surface area contributed by atoms with E-state index in [1.165, 1.54) is 42.6 Å². The molecule has 0 atom stereocenters. The molecule has 5 aromatic rings. The highest BCUT2D eigenvalue weighted by Gasteiger charge is 2.14. The summed E-state index contributed by atoms with van der Waals surface area (Å²) in [5, 5.41) is 8.94. The lowest BCUT2D eigenvalue weighted by Crippen LogP contribution is -2.35. The van der Waals surface area contributed by atoms with Crippen LogP contribution in [0.25, 0.3) is 20.7 Å². The van der Waals surface area contributed by atoms with E-state index in [1.54, 1.807) is 18.3 Å². The van der Waals surface area contributed by atoms with E-state index in [4.69, 9.17) is 21.3 Å². The largest absolute Gasteiger partial charge is 0.453 e. The molecule has 2 aromatic heterocycles. The maximum atomic E-state index is 15.1. The summed E-state index contributed by atoms with van der Waals surface area (Å²) >= 11 is 8.02. The fraction of sp³-hybridized carbons (Fsp3) is 0.156. The molecule has 0 spiro atoms. The van der Waals surface area contributed by atoms with Crippen LogP contribution in [0.5, 0.6) is 11.5 Å². The van der Waals surface area contributed by atoms with E-state index in [9.17, 15) is 4.79 Å². The predicted octanol–water partition coefficient (Wildman–Crippen LogP) is 7.27. The van der Waals surface area contributed by atoms with Gasteiger partial charge in [0.1, 0.15) is 5.75 Å². The average molecular weight is 649 g/mol. The fourth-order valence-electron chi connectivity index (χ4n) is 4.29. The highest BCUT2D eigenvalue weighted by molar-refractivity contribution is 7.94. The van der Waals surface area contributed by atoms with Crippen LogP contribution in [0.2, 0.25) is 0 Å². The van der Waals surface area contributed by atoms with Crippen molar-refractivity contribution >= 4 is 62.5 Å². The van der Waals surface area contributed by atoms with Crippen LogP contribution in [0.1, 0.15) is 11.1 Å². The third-order valence-corrected chi connectivity index (χ3v) is 8.26. The molecule has 0 unspecified atom stereocenters. The molecule has 0 bridgehead atoms. The molecule has 2 heterocycles. The van der Waals surface area contributed by atoms with Gasteiger partial charge in [0.15, 0.2) is 16.7 Å². The van der Waals surface area contributed by atoms with Crippen LogP contribution < -0.4 is 20.7 Å². The number of rotatable bonds is 13. The molecular weight excluding hydrogens is 620 g/mol. The van der Waals surface area contributed by atoms with Gasteiger partial charge in [0.2, 0.25) is 5.91 Å². The second-order valence-corrected chi connectivity index (χ2v) is 11.7. The van der Waals surface area contributed by atoms with Crippen molar-refractivity contribution in [3.63, 3.8) is 0 Å². The van der Waals surface area contributed by atoms with Crippen LogP contribution >= 0.6 is 35.6 Å². The molecule has 0 saturated carbocycles. The number of halogens is 1. The lowest BCUT2D eigenvalue weighted by atomic mass is 10.1. The van der Waals surface area contributed by atoms with Gasteiger partial charge in [-0.25, -0.2) is 9.28 Å². The predicted molar refractivity (Wildman–Crippen MR) is 178 cm³/mol. The molecular formula is C32H29FN4O4S3. The number of anilines is 1. The number of hydrogen-bond acceptors (Lipinski definition) is 9. The van der Waals surface area contributed by atoms with Gasteiger partial charge in [-0.1, -0.05) is 48.5 Å². The number of carbonyl (C=O) groups excluding carboxylic acids is 1. The summed E-state index contributed by atoms with van der Waals surface area (Å²) in [7, 11) is 1.48. The van der Waals surface area contributed by atoms with Crippen LogP contribution in [0.3, 0.4) is 0 Å². The zero-order valence-electron chi connectivity index (χ0n) is 23.7. The summed E-state index contributed by atoms with van der Waals surface area (Å²) in [6.07, 6.45) is 1.83. The number of benzene rings is 3. The minimum absolute atomic E-state index is 0.0548. The Hall–Kier alpha value is -3.91. The van der Waals surface area contributed by atoms with E-state index in [0.29, 0.717) is 18.0 Å². The van der Waals surface area contributed by atoms with Crippen molar-refractivity contribution in [3.8, 4) is 21.9 Å². The van der Waals surface area contributed by atoms with Crippen LogP contribution in [0, 0.1) is 5.82 Å². The second kappa shape index (κ2) is 15.7. The molecule has 3 aromatic carbocycles. The second-order valence-electron chi connectivity index (χ2n) is 9.48. The van der Waals surface area contributed by atoms with E-state index < -0.39 is 5.82 Å². The summed E-state index contributed by atoms with van der Waals surface area (Å²) in [6, 6.07) is 25.8.